The minimum atomic E-state index is 0.829. The van der Waals surface area contributed by atoms with Gasteiger partial charge in [-0.15, -0.1) is 0 Å². The van der Waals surface area contributed by atoms with Crippen LogP contribution >= 0.6 is 0 Å². The van der Waals surface area contributed by atoms with Gasteiger partial charge in [0.15, 0.2) is 0 Å². The van der Waals surface area contributed by atoms with Crippen molar-refractivity contribution in [2.24, 2.45) is 15.0 Å². The highest BCUT2D eigenvalue weighted by Crippen LogP contribution is 2.19. The van der Waals surface area contributed by atoms with Gasteiger partial charge in [-0.05, 0) is 66.3 Å². The number of aromatic amines is 1. The van der Waals surface area contributed by atoms with Crippen LogP contribution in [0, 0.1) is 0 Å². The summed E-state index contributed by atoms with van der Waals surface area (Å²) < 4.78 is 0. The van der Waals surface area contributed by atoms with Gasteiger partial charge in [-0.3, -0.25) is 4.99 Å². The van der Waals surface area contributed by atoms with Gasteiger partial charge in [0, 0.05) is 29.0 Å². The van der Waals surface area contributed by atoms with Gasteiger partial charge < -0.3 is 4.98 Å². The zero-order valence-electron chi connectivity index (χ0n) is 12.9. The van der Waals surface area contributed by atoms with Crippen molar-refractivity contribution in [3.63, 3.8) is 0 Å². The van der Waals surface area contributed by atoms with Gasteiger partial charge in [0.1, 0.15) is 0 Å². The second-order valence-corrected chi connectivity index (χ2v) is 6.04. The molecule has 0 aliphatic carbocycles. The number of rotatable bonds is 0. The Morgan fingerprint density at radius 3 is 2.29 bits per heavy atom. The number of fused-ring (bicyclic) bond motifs is 6. The molecule has 4 aliphatic rings. The van der Waals surface area contributed by atoms with Gasteiger partial charge in [-0.2, -0.15) is 0 Å². The van der Waals surface area contributed by atoms with Crippen LogP contribution in [0.3, 0.4) is 0 Å². The molecule has 0 fully saturated rings. The Kier molecular flexibility index (Phi) is 2.82. The summed E-state index contributed by atoms with van der Waals surface area (Å²) in [6.45, 7) is 0. The Labute approximate surface area is 138 Å². The molecule has 1 aromatic heterocycles. The Morgan fingerprint density at radius 1 is 0.750 bits per heavy atom. The minimum Gasteiger partial charge on any atom is -0.355 e. The summed E-state index contributed by atoms with van der Waals surface area (Å²) in [5.41, 5.74) is 5.92. The SMILES string of the molecule is C1=CC2=NC1=CC1=NC=C(C=c3ccc([nH]3)=CC3=NC(=C2)C=C3)C1. The zero-order valence-corrected chi connectivity index (χ0v) is 12.9. The smallest absolute Gasteiger partial charge is 0.0659 e. The first-order chi connectivity index (χ1) is 11.8. The topological polar surface area (TPSA) is 52.9 Å². The lowest BCUT2D eigenvalue weighted by Gasteiger charge is -1.95. The molecule has 0 saturated carbocycles. The summed E-state index contributed by atoms with van der Waals surface area (Å²) in [5.74, 6) is 0. The van der Waals surface area contributed by atoms with Crippen molar-refractivity contribution in [1.29, 1.82) is 0 Å². The molecule has 4 heteroatoms. The molecule has 0 atom stereocenters. The molecule has 8 bridgehead atoms. The summed E-state index contributed by atoms with van der Waals surface area (Å²) in [6, 6.07) is 4.14. The summed E-state index contributed by atoms with van der Waals surface area (Å²) in [5, 5.41) is 2.11. The summed E-state index contributed by atoms with van der Waals surface area (Å²) in [4.78, 5) is 17.1. The van der Waals surface area contributed by atoms with Crippen LogP contribution in [0.2, 0.25) is 0 Å². The van der Waals surface area contributed by atoms with Crippen LogP contribution in [-0.2, 0) is 0 Å². The van der Waals surface area contributed by atoms with Crippen molar-refractivity contribution in [2.75, 3.05) is 0 Å². The zero-order chi connectivity index (χ0) is 15.9. The molecule has 0 saturated heterocycles. The number of nitrogens with zero attached hydrogens (tertiary/aromatic N) is 3. The first-order valence-electron chi connectivity index (χ1n) is 7.91. The molecule has 1 N–H and O–H groups in total. The van der Waals surface area contributed by atoms with Crippen LogP contribution in [0.15, 0.2) is 86.7 Å². The largest absolute Gasteiger partial charge is 0.355 e. The first-order valence-corrected chi connectivity index (χ1v) is 7.91. The van der Waals surface area contributed by atoms with E-state index in [1.54, 1.807) is 0 Å². The lowest BCUT2D eigenvalue weighted by molar-refractivity contribution is 1.26. The van der Waals surface area contributed by atoms with E-state index < -0.39 is 0 Å². The average Bonchev–Trinajstić information content (AvgIpc) is 3.32. The van der Waals surface area contributed by atoms with E-state index in [4.69, 9.17) is 0 Å². The van der Waals surface area contributed by atoms with Crippen molar-refractivity contribution < 1.29 is 0 Å². The summed E-state index contributed by atoms with van der Waals surface area (Å²) >= 11 is 0. The van der Waals surface area contributed by atoms with E-state index in [0.717, 1.165) is 45.6 Å². The van der Waals surface area contributed by atoms with Crippen LogP contribution in [0.1, 0.15) is 6.42 Å². The van der Waals surface area contributed by atoms with Crippen LogP contribution in [-0.4, -0.2) is 22.1 Å². The first kappa shape index (κ1) is 13.2. The van der Waals surface area contributed by atoms with E-state index in [-0.39, 0.29) is 0 Å². The molecular formula is C20H14N4. The number of nitrogens with one attached hydrogen (secondary N) is 1. The van der Waals surface area contributed by atoms with E-state index in [9.17, 15) is 0 Å². The predicted molar refractivity (Wildman–Crippen MR) is 98.4 cm³/mol. The van der Waals surface area contributed by atoms with Gasteiger partial charge >= 0.3 is 0 Å². The molecule has 114 valence electrons. The molecule has 4 aliphatic heterocycles. The molecule has 1 aromatic rings. The fourth-order valence-electron chi connectivity index (χ4n) is 3.03. The number of aromatic nitrogens is 1. The predicted octanol–water partition coefficient (Wildman–Crippen LogP) is 2.11. The van der Waals surface area contributed by atoms with E-state index >= 15 is 0 Å². The lowest BCUT2D eigenvalue weighted by atomic mass is 10.1. The fourth-order valence-corrected chi connectivity index (χ4v) is 3.03. The number of aliphatic imine (C=N–C) groups is 3. The lowest BCUT2D eigenvalue weighted by Crippen LogP contribution is -2.11. The van der Waals surface area contributed by atoms with E-state index in [1.165, 1.54) is 5.57 Å². The van der Waals surface area contributed by atoms with Crippen molar-refractivity contribution in [2.45, 2.75) is 6.42 Å². The number of H-pyrrole nitrogens is 1. The van der Waals surface area contributed by atoms with E-state index in [1.807, 2.05) is 48.7 Å². The molecule has 0 amide bonds. The van der Waals surface area contributed by atoms with Crippen LogP contribution < -0.4 is 10.7 Å². The standard InChI is InChI=1S/C20H14N4/c1-2-15-9-16-3-4-17(23-16)10-18-5-6-19(24-18)11-20-8-13(12-21-20)7-14(1)22-15/h1-7,9-12,22H,8H2. The molecule has 24 heavy (non-hydrogen) atoms. The molecule has 0 unspecified atom stereocenters. The Morgan fingerprint density at radius 2 is 1.46 bits per heavy atom. The van der Waals surface area contributed by atoms with Gasteiger partial charge in [0.05, 0.1) is 22.8 Å². The van der Waals surface area contributed by atoms with Crippen molar-refractivity contribution in [3.05, 3.63) is 82.5 Å². The number of hydrogen-bond donors (Lipinski definition) is 1. The number of allylic oxidation sites excluding steroid dienone is 7. The molecule has 0 radical (unpaired) electrons. The molecule has 5 rings (SSSR count). The second-order valence-electron chi connectivity index (χ2n) is 6.04. The molecular weight excluding hydrogens is 296 g/mol. The van der Waals surface area contributed by atoms with Crippen molar-refractivity contribution in [3.8, 4) is 0 Å². The maximum absolute atomic E-state index is 4.62. The molecule has 5 heterocycles. The third-order valence-electron chi connectivity index (χ3n) is 4.13. The highest BCUT2D eigenvalue weighted by atomic mass is 14.8. The third-order valence-corrected chi connectivity index (χ3v) is 4.13. The Balaban J connectivity index is 1.66. The summed E-state index contributed by atoms with van der Waals surface area (Å²) in [6.07, 6.45) is 19.0. The molecule has 0 aromatic carbocycles. The summed E-state index contributed by atoms with van der Waals surface area (Å²) in [7, 11) is 0. The van der Waals surface area contributed by atoms with Crippen molar-refractivity contribution >= 4 is 29.3 Å². The average molecular weight is 310 g/mol. The normalized spacial score (nSPS) is 20.5. The monoisotopic (exact) mass is 310 g/mol. The van der Waals surface area contributed by atoms with E-state index in [0.29, 0.717) is 0 Å². The maximum Gasteiger partial charge on any atom is 0.0659 e. The quantitative estimate of drug-likeness (QED) is 0.763. The molecule has 4 nitrogen and oxygen atoms in total. The Hall–Kier alpha value is -3.27. The van der Waals surface area contributed by atoms with Crippen LogP contribution in [0.25, 0.3) is 12.2 Å². The number of hydrogen-bond acceptors (Lipinski definition) is 3. The van der Waals surface area contributed by atoms with Gasteiger partial charge in [0.25, 0.3) is 0 Å². The van der Waals surface area contributed by atoms with E-state index in [2.05, 4.69) is 38.2 Å². The van der Waals surface area contributed by atoms with Gasteiger partial charge in [0.2, 0.25) is 0 Å². The van der Waals surface area contributed by atoms with Crippen molar-refractivity contribution in [1.82, 2.24) is 4.98 Å². The van der Waals surface area contributed by atoms with Gasteiger partial charge in [-0.1, -0.05) is 0 Å². The van der Waals surface area contributed by atoms with Gasteiger partial charge in [-0.25, -0.2) is 9.98 Å². The maximum atomic E-state index is 4.62. The molecule has 0 spiro atoms. The van der Waals surface area contributed by atoms with Crippen LogP contribution in [0.4, 0.5) is 0 Å². The second kappa shape index (κ2) is 5.13. The highest BCUT2D eigenvalue weighted by Gasteiger charge is 2.10. The Bertz CT molecular complexity index is 1110. The third kappa shape index (κ3) is 2.48. The van der Waals surface area contributed by atoms with Crippen LogP contribution in [0.5, 0.6) is 0 Å². The fraction of sp³-hybridized carbons (Fsp3) is 0.0500. The minimum absolute atomic E-state index is 0.829. The highest BCUT2D eigenvalue weighted by molar-refractivity contribution is 6.19.